The predicted molar refractivity (Wildman–Crippen MR) is 93.4 cm³/mol. The van der Waals surface area contributed by atoms with Gasteiger partial charge in [0.15, 0.2) is 0 Å². The van der Waals surface area contributed by atoms with E-state index in [1.807, 2.05) is 6.92 Å². The highest BCUT2D eigenvalue weighted by Gasteiger charge is 2.51. The van der Waals surface area contributed by atoms with E-state index in [0.717, 1.165) is 29.1 Å². The highest BCUT2D eigenvalue weighted by molar-refractivity contribution is 14.1. The lowest BCUT2D eigenvalue weighted by atomic mass is 9.73. The molecule has 22 heavy (non-hydrogen) atoms. The van der Waals surface area contributed by atoms with Crippen LogP contribution in [0.3, 0.4) is 0 Å². The molecule has 1 saturated carbocycles. The third kappa shape index (κ3) is 2.68. The minimum atomic E-state index is -3.72. The number of halogens is 1. The molecule has 0 bridgehead atoms. The molecule has 120 valence electrons. The van der Waals surface area contributed by atoms with Crippen molar-refractivity contribution in [3.05, 3.63) is 29.8 Å². The van der Waals surface area contributed by atoms with Gasteiger partial charge in [0, 0.05) is 22.3 Å². The van der Waals surface area contributed by atoms with Gasteiger partial charge in [0.2, 0.25) is 5.91 Å². The number of sulfonamides is 1. The molecule has 0 unspecified atom stereocenters. The number of hydrogen-bond acceptors (Lipinski definition) is 3. The largest absolute Gasteiger partial charge is 0.274 e. The Balaban J connectivity index is 1.91. The summed E-state index contributed by atoms with van der Waals surface area (Å²) >= 11 is 2.41. The number of benzene rings is 1. The second-order valence-electron chi connectivity index (χ2n) is 6.47. The highest BCUT2D eigenvalue weighted by Crippen LogP contribution is 2.49. The van der Waals surface area contributed by atoms with E-state index in [4.69, 9.17) is 0 Å². The second kappa shape index (κ2) is 5.78. The Morgan fingerprint density at radius 3 is 2.55 bits per heavy atom. The summed E-state index contributed by atoms with van der Waals surface area (Å²) in [5.74, 6) is -0.246. The number of alkyl halides is 1. The van der Waals surface area contributed by atoms with Crippen molar-refractivity contribution in [1.29, 1.82) is 0 Å². The quantitative estimate of drug-likeness (QED) is 0.532. The van der Waals surface area contributed by atoms with Crippen molar-refractivity contribution in [1.82, 2.24) is 4.31 Å². The zero-order chi connectivity index (χ0) is 16.0. The molecular formula is C16H20INO3S. The molecule has 1 aromatic carbocycles. The molecule has 2 atom stereocenters. The van der Waals surface area contributed by atoms with E-state index in [0.29, 0.717) is 16.9 Å². The van der Waals surface area contributed by atoms with Crippen LogP contribution in [-0.4, -0.2) is 29.1 Å². The summed E-state index contributed by atoms with van der Waals surface area (Å²) in [4.78, 5) is 12.6. The van der Waals surface area contributed by atoms with Crippen LogP contribution in [0.15, 0.2) is 29.2 Å². The first-order valence-corrected chi connectivity index (χ1v) is 10.3. The third-order valence-corrected chi connectivity index (χ3v) is 8.62. The summed E-state index contributed by atoms with van der Waals surface area (Å²) in [6.45, 7) is 2.25. The Bertz CT molecular complexity index is 686. The van der Waals surface area contributed by atoms with Gasteiger partial charge in [-0.15, -0.1) is 0 Å². The average molecular weight is 433 g/mol. The standard InChI is InChI=1S/C16H20INO3S/c1-12-5-7-13(8-6-12)22(20,21)18-11-16(10-15(18)19)9-3-2-4-14(16)17/h5-8,14H,2-4,9-11H2,1H3/t14-,16-/m1/s1. The first kappa shape index (κ1) is 16.2. The number of carbonyl (C=O) groups is 1. The van der Waals surface area contributed by atoms with Crippen molar-refractivity contribution < 1.29 is 13.2 Å². The lowest BCUT2D eigenvalue weighted by Gasteiger charge is -2.37. The lowest BCUT2D eigenvalue weighted by Crippen LogP contribution is -2.39. The fourth-order valence-electron chi connectivity index (χ4n) is 3.52. The summed E-state index contributed by atoms with van der Waals surface area (Å²) < 4.78 is 27.1. The van der Waals surface area contributed by atoms with E-state index in [1.54, 1.807) is 24.3 Å². The van der Waals surface area contributed by atoms with Gasteiger partial charge in [-0.2, -0.15) is 0 Å². The van der Waals surface area contributed by atoms with Gasteiger partial charge < -0.3 is 0 Å². The fraction of sp³-hybridized carbons (Fsp3) is 0.562. The smallest absolute Gasteiger partial charge is 0.266 e. The molecule has 4 nitrogen and oxygen atoms in total. The minimum Gasteiger partial charge on any atom is -0.274 e. The van der Waals surface area contributed by atoms with Gasteiger partial charge in [-0.25, -0.2) is 12.7 Å². The molecule has 6 heteroatoms. The van der Waals surface area contributed by atoms with Gasteiger partial charge in [-0.05, 0) is 31.9 Å². The molecule has 1 aliphatic carbocycles. The van der Waals surface area contributed by atoms with E-state index < -0.39 is 10.0 Å². The maximum absolute atomic E-state index is 12.8. The van der Waals surface area contributed by atoms with E-state index in [-0.39, 0.29) is 16.2 Å². The first-order chi connectivity index (χ1) is 10.3. The maximum Gasteiger partial charge on any atom is 0.266 e. The van der Waals surface area contributed by atoms with Gasteiger partial charge in [-0.3, -0.25) is 4.79 Å². The molecule has 2 aliphatic rings. The van der Waals surface area contributed by atoms with Gasteiger partial charge in [-0.1, -0.05) is 53.1 Å². The molecular weight excluding hydrogens is 413 g/mol. The zero-order valence-electron chi connectivity index (χ0n) is 12.6. The van der Waals surface area contributed by atoms with Crippen LogP contribution in [0.4, 0.5) is 0 Å². The fourth-order valence-corrected chi connectivity index (χ4v) is 6.18. The second-order valence-corrected chi connectivity index (χ2v) is 9.84. The molecule has 3 rings (SSSR count). The molecule has 1 aromatic rings. The molecule has 1 aliphatic heterocycles. The van der Waals surface area contributed by atoms with Crippen molar-refractivity contribution >= 4 is 38.5 Å². The Kier molecular flexibility index (Phi) is 4.26. The summed E-state index contributed by atoms with van der Waals surface area (Å²) in [7, 11) is -3.72. The normalized spacial score (nSPS) is 29.3. The number of nitrogens with zero attached hydrogens (tertiary/aromatic N) is 1. The van der Waals surface area contributed by atoms with E-state index in [9.17, 15) is 13.2 Å². The van der Waals surface area contributed by atoms with Gasteiger partial charge >= 0.3 is 0 Å². The van der Waals surface area contributed by atoms with E-state index >= 15 is 0 Å². The number of hydrogen-bond donors (Lipinski definition) is 0. The number of carbonyl (C=O) groups excluding carboxylic acids is 1. The van der Waals surface area contributed by atoms with Crippen molar-refractivity contribution in [2.45, 2.75) is 47.8 Å². The van der Waals surface area contributed by atoms with Crippen LogP contribution in [0, 0.1) is 12.3 Å². The SMILES string of the molecule is Cc1ccc(S(=O)(=O)N2C[C@@]3(CCCC[C@H]3I)CC2=O)cc1. The van der Waals surface area contributed by atoms with Crippen LogP contribution in [0.1, 0.15) is 37.7 Å². The third-order valence-electron chi connectivity index (χ3n) is 4.90. The van der Waals surface area contributed by atoms with Gasteiger partial charge in [0.05, 0.1) is 4.90 Å². The highest BCUT2D eigenvalue weighted by atomic mass is 127. The molecule has 0 N–H and O–H groups in total. The maximum atomic E-state index is 12.8. The summed E-state index contributed by atoms with van der Waals surface area (Å²) in [5, 5.41) is 0. The van der Waals surface area contributed by atoms with Crippen molar-refractivity contribution in [3.8, 4) is 0 Å². The Morgan fingerprint density at radius 2 is 1.91 bits per heavy atom. The Morgan fingerprint density at radius 1 is 1.23 bits per heavy atom. The Labute approximate surface area is 145 Å². The molecule has 0 radical (unpaired) electrons. The van der Waals surface area contributed by atoms with Crippen molar-refractivity contribution in [2.24, 2.45) is 5.41 Å². The van der Waals surface area contributed by atoms with Gasteiger partial charge in [0.1, 0.15) is 0 Å². The van der Waals surface area contributed by atoms with Crippen molar-refractivity contribution in [3.63, 3.8) is 0 Å². The minimum absolute atomic E-state index is 0.159. The van der Waals surface area contributed by atoms with Crippen LogP contribution < -0.4 is 0 Å². The molecule has 1 spiro atoms. The summed E-state index contributed by atoms with van der Waals surface area (Å²) in [5.41, 5.74) is 0.844. The van der Waals surface area contributed by atoms with Crippen LogP contribution in [0.5, 0.6) is 0 Å². The Hall–Kier alpha value is -0.630. The average Bonchev–Trinajstić information content (AvgIpc) is 2.81. The molecule has 0 aromatic heterocycles. The summed E-state index contributed by atoms with van der Waals surface area (Å²) in [6, 6.07) is 6.71. The number of rotatable bonds is 2. The molecule has 2 fully saturated rings. The number of aryl methyl sites for hydroxylation is 1. The lowest BCUT2D eigenvalue weighted by molar-refractivity contribution is -0.124. The van der Waals surface area contributed by atoms with Gasteiger partial charge in [0.25, 0.3) is 10.0 Å². The summed E-state index contributed by atoms with van der Waals surface area (Å²) in [6.07, 6.45) is 4.66. The van der Waals surface area contributed by atoms with Crippen molar-refractivity contribution in [2.75, 3.05) is 6.54 Å². The van der Waals surface area contributed by atoms with Crippen LogP contribution in [-0.2, 0) is 14.8 Å². The molecule has 1 heterocycles. The predicted octanol–water partition coefficient (Wildman–Crippen LogP) is 3.28. The van der Waals surface area contributed by atoms with Crippen LogP contribution in [0.25, 0.3) is 0 Å². The monoisotopic (exact) mass is 433 g/mol. The molecule has 1 amide bonds. The van der Waals surface area contributed by atoms with E-state index in [1.165, 1.54) is 6.42 Å². The first-order valence-electron chi connectivity index (χ1n) is 7.61. The van der Waals surface area contributed by atoms with Crippen LogP contribution in [0.2, 0.25) is 0 Å². The van der Waals surface area contributed by atoms with E-state index in [2.05, 4.69) is 22.6 Å². The zero-order valence-corrected chi connectivity index (χ0v) is 15.6. The van der Waals surface area contributed by atoms with Crippen LogP contribution >= 0.6 is 22.6 Å². The number of amides is 1. The topological polar surface area (TPSA) is 54.5 Å². The molecule has 1 saturated heterocycles.